The maximum atomic E-state index is 5.90. The number of aryl methyl sites for hydroxylation is 1. The first-order valence-corrected chi connectivity index (χ1v) is 7.37. The molecule has 106 valence electrons. The van der Waals surface area contributed by atoms with Crippen LogP contribution >= 0.6 is 11.6 Å². The second-order valence-corrected chi connectivity index (χ2v) is 5.48. The van der Waals surface area contributed by atoms with Crippen molar-refractivity contribution in [1.82, 2.24) is 4.98 Å². The molecule has 0 unspecified atom stereocenters. The second kappa shape index (κ2) is 6.76. The monoisotopic (exact) mass is 289 g/mol. The van der Waals surface area contributed by atoms with Crippen molar-refractivity contribution < 1.29 is 4.74 Å². The van der Waals surface area contributed by atoms with E-state index in [0.717, 1.165) is 22.7 Å². The predicted molar refractivity (Wildman–Crippen MR) is 83.4 cm³/mol. The number of nitrogens with zero attached hydrogens (tertiary/aromatic N) is 1. The van der Waals surface area contributed by atoms with Gasteiger partial charge in [0.2, 0.25) is 0 Å². The van der Waals surface area contributed by atoms with Gasteiger partial charge in [0.1, 0.15) is 12.4 Å². The van der Waals surface area contributed by atoms with Crippen molar-refractivity contribution in [2.45, 2.75) is 39.2 Å². The van der Waals surface area contributed by atoms with Crippen LogP contribution in [0, 0.1) is 6.92 Å². The molecule has 0 saturated heterocycles. The summed E-state index contributed by atoms with van der Waals surface area (Å²) in [6.07, 6.45) is 0. The number of hydrogen-bond acceptors (Lipinski definition) is 2. The average molecular weight is 290 g/mol. The van der Waals surface area contributed by atoms with Gasteiger partial charge < -0.3 is 4.74 Å². The number of rotatable bonds is 5. The molecule has 0 bridgehead atoms. The quantitative estimate of drug-likeness (QED) is 0.735. The minimum Gasteiger partial charge on any atom is -0.487 e. The number of ether oxygens (including phenoxy) is 1. The van der Waals surface area contributed by atoms with E-state index in [1.165, 1.54) is 5.56 Å². The third-order valence-corrected chi connectivity index (χ3v) is 3.49. The average Bonchev–Trinajstić information content (AvgIpc) is 2.46. The summed E-state index contributed by atoms with van der Waals surface area (Å²) in [5.74, 6) is 1.68. The van der Waals surface area contributed by atoms with Gasteiger partial charge in [0.25, 0.3) is 0 Å². The molecule has 1 heterocycles. The molecular weight excluding hydrogens is 270 g/mol. The summed E-state index contributed by atoms with van der Waals surface area (Å²) in [5, 5.41) is 0. The van der Waals surface area contributed by atoms with Crippen LogP contribution in [-0.2, 0) is 12.5 Å². The van der Waals surface area contributed by atoms with Crippen molar-refractivity contribution in [3.8, 4) is 5.75 Å². The number of halogens is 1. The highest BCUT2D eigenvalue weighted by atomic mass is 35.5. The molecule has 2 rings (SSSR count). The van der Waals surface area contributed by atoms with E-state index >= 15 is 0 Å². The molecule has 0 spiro atoms. The standard InChI is InChI=1S/C17H20ClNO/c1-12(2)15-7-5-14(6-8-15)11-20-17-9-4-13(3)19-16(17)10-18/h4-9,12H,10-11H2,1-3H3. The zero-order chi connectivity index (χ0) is 14.5. The molecule has 0 N–H and O–H groups in total. The molecule has 0 amide bonds. The summed E-state index contributed by atoms with van der Waals surface area (Å²) in [7, 11) is 0. The lowest BCUT2D eigenvalue weighted by Gasteiger charge is -2.11. The summed E-state index contributed by atoms with van der Waals surface area (Å²) in [6.45, 7) is 6.87. The van der Waals surface area contributed by atoms with E-state index in [2.05, 4.69) is 43.1 Å². The van der Waals surface area contributed by atoms with E-state index in [1.54, 1.807) is 0 Å². The third kappa shape index (κ3) is 3.73. The molecular formula is C17H20ClNO. The molecule has 0 fully saturated rings. The van der Waals surface area contributed by atoms with E-state index < -0.39 is 0 Å². The molecule has 0 aliphatic heterocycles. The second-order valence-electron chi connectivity index (χ2n) is 5.22. The van der Waals surface area contributed by atoms with Gasteiger partial charge in [0.05, 0.1) is 11.6 Å². The Kier molecular flexibility index (Phi) is 5.02. The zero-order valence-corrected chi connectivity index (χ0v) is 12.9. The number of hydrogen-bond donors (Lipinski definition) is 0. The number of pyridine rings is 1. The topological polar surface area (TPSA) is 22.1 Å². The van der Waals surface area contributed by atoms with Crippen molar-refractivity contribution in [2.24, 2.45) is 0 Å². The number of aromatic nitrogens is 1. The molecule has 20 heavy (non-hydrogen) atoms. The van der Waals surface area contributed by atoms with Crippen LogP contribution in [0.25, 0.3) is 0 Å². The molecule has 3 heteroatoms. The molecule has 2 aromatic rings. The van der Waals surface area contributed by atoms with E-state index in [9.17, 15) is 0 Å². The van der Waals surface area contributed by atoms with Crippen LogP contribution in [-0.4, -0.2) is 4.98 Å². The Morgan fingerprint density at radius 3 is 2.40 bits per heavy atom. The number of alkyl halides is 1. The summed E-state index contributed by atoms with van der Waals surface area (Å²) < 4.78 is 5.82. The van der Waals surface area contributed by atoms with Gasteiger partial charge in [-0.1, -0.05) is 38.1 Å². The fourth-order valence-corrected chi connectivity index (χ4v) is 2.18. The molecule has 0 atom stereocenters. The first-order valence-electron chi connectivity index (χ1n) is 6.84. The fraction of sp³-hybridized carbons (Fsp3) is 0.353. The fourth-order valence-electron chi connectivity index (χ4n) is 1.98. The SMILES string of the molecule is Cc1ccc(OCc2ccc(C(C)C)cc2)c(CCl)n1. The van der Waals surface area contributed by atoms with Crippen LogP contribution in [0.1, 0.15) is 42.3 Å². The molecule has 0 aliphatic carbocycles. The van der Waals surface area contributed by atoms with E-state index in [0.29, 0.717) is 18.4 Å². The Morgan fingerprint density at radius 1 is 1.10 bits per heavy atom. The maximum absolute atomic E-state index is 5.90. The molecule has 0 saturated carbocycles. The van der Waals surface area contributed by atoms with Gasteiger partial charge in [-0.15, -0.1) is 11.6 Å². The Balaban J connectivity index is 2.05. The van der Waals surface area contributed by atoms with Crippen molar-refractivity contribution in [1.29, 1.82) is 0 Å². The summed E-state index contributed by atoms with van der Waals surface area (Å²) in [5.41, 5.74) is 4.24. The molecule has 0 aliphatic rings. The van der Waals surface area contributed by atoms with E-state index in [4.69, 9.17) is 16.3 Å². The van der Waals surface area contributed by atoms with Crippen LogP contribution in [0.4, 0.5) is 0 Å². The molecule has 0 radical (unpaired) electrons. The summed E-state index contributed by atoms with van der Waals surface area (Å²) in [6, 6.07) is 12.4. The highest BCUT2D eigenvalue weighted by molar-refractivity contribution is 6.17. The molecule has 2 nitrogen and oxygen atoms in total. The van der Waals surface area contributed by atoms with Gasteiger partial charge in [-0.05, 0) is 36.1 Å². The Morgan fingerprint density at radius 2 is 1.80 bits per heavy atom. The normalized spacial score (nSPS) is 10.8. The van der Waals surface area contributed by atoms with Crippen molar-refractivity contribution >= 4 is 11.6 Å². The van der Waals surface area contributed by atoms with Crippen LogP contribution in [0.15, 0.2) is 36.4 Å². The van der Waals surface area contributed by atoms with Crippen molar-refractivity contribution in [2.75, 3.05) is 0 Å². The summed E-state index contributed by atoms with van der Waals surface area (Å²) >= 11 is 5.90. The van der Waals surface area contributed by atoms with Crippen molar-refractivity contribution in [3.63, 3.8) is 0 Å². The smallest absolute Gasteiger partial charge is 0.142 e. The molecule has 1 aromatic heterocycles. The van der Waals surface area contributed by atoms with E-state index in [-0.39, 0.29) is 0 Å². The van der Waals surface area contributed by atoms with Gasteiger partial charge in [0.15, 0.2) is 0 Å². The number of benzene rings is 1. The van der Waals surface area contributed by atoms with Gasteiger partial charge in [-0.3, -0.25) is 4.98 Å². The Labute approximate surface area is 125 Å². The third-order valence-electron chi connectivity index (χ3n) is 3.24. The predicted octanol–water partition coefficient (Wildman–Crippen LogP) is 4.83. The van der Waals surface area contributed by atoms with Gasteiger partial charge in [0, 0.05) is 5.69 Å². The molecule has 1 aromatic carbocycles. The van der Waals surface area contributed by atoms with E-state index in [1.807, 2.05) is 19.1 Å². The largest absolute Gasteiger partial charge is 0.487 e. The Bertz CT molecular complexity index is 564. The maximum Gasteiger partial charge on any atom is 0.142 e. The summed E-state index contributed by atoms with van der Waals surface area (Å²) in [4.78, 5) is 4.38. The lowest BCUT2D eigenvalue weighted by molar-refractivity contribution is 0.302. The lowest BCUT2D eigenvalue weighted by atomic mass is 10.0. The minimum absolute atomic E-state index is 0.364. The zero-order valence-electron chi connectivity index (χ0n) is 12.2. The van der Waals surface area contributed by atoms with Crippen molar-refractivity contribution in [3.05, 3.63) is 58.9 Å². The van der Waals surface area contributed by atoms with Gasteiger partial charge >= 0.3 is 0 Å². The van der Waals surface area contributed by atoms with Gasteiger partial charge in [-0.25, -0.2) is 0 Å². The highest BCUT2D eigenvalue weighted by Gasteiger charge is 2.05. The van der Waals surface area contributed by atoms with Crippen LogP contribution < -0.4 is 4.74 Å². The van der Waals surface area contributed by atoms with Crippen LogP contribution in [0.2, 0.25) is 0 Å². The van der Waals surface area contributed by atoms with Gasteiger partial charge in [-0.2, -0.15) is 0 Å². The lowest BCUT2D eigenvalue weighted by Crippen LogP contribution is -2.00. The van der Waals surface area contributed by atoms with Crippen LogP contribution in [0.3, 0.4) is 0 Å². The highest BCUT2D eigenvalue weighted by Crippen LogP contribution is 2.21. The Hall–Kier alpha value is -1.54. The first kappa shape index (κ1) is 14.9. The first-order chi connectivity index (χ1) is 9.60. The minimum atomic E-state index is 0.364. The van der Waals surface area contributed by atoms with Crippen LogP contribution in [0.5, 0.6) is 5.75 Å².